The van der Waals surface area contributed by atoms with Crippen LogP contribution < -0.4 is 5.32 Å². The molecule has 0 saturated heterocycles. The fourth-order valence-electron chi connectivity index (χ4n) is 3.43. The average Bonchev–Trinajstić information content (AvgIpc) is 3.22. The Balaban J connectivity index is 1.89. The third kappa shape index (κ3) is 5.54. The molecule has 0 saturated carbocycles. The van der Waals surface area contributed by atoms with Gasteiger partial charge in [0.2, 0.25) is 0 Å². The summed E-state index contributed by atoms with van der Waals surface area (Å²) in [5, 5.41) is 2.97. The highest BCUT2D eigenvalue weighted by molar-refractivity contribution is 5.93. The second-order valence-electron chi connectivity index (χ2n) is 8.09. The summed E-state index contributed by atoms with van der Waals surface area (Å²) in [7, 11) is 0. The Labute approximate surface area is 180 Å². The number of hydrogen-bond acceptors (Lipinski definition) is 2. The molecule has 1 N–H and O–H groups in total. The predicted octanol–water partition coefficient (Wildman–Crippen LogP) is 6.11. The van der Waals surface area contributed by atoms with Crippen LogP contribution in [0.1, 0.15) is 49.7 Å². The molecule has 0 spiro atoms. The number of carbonyl (C=O) groups is 1. The van der Waals surface area contributed by atoms with Crippen LogP contribution >= 0.6 is 0 Å². The van der Waals surface area contributed by atoms with Crippen molar-refractivity contribution in [3.8, 4) is 16.8 Å². The third-order valence-corrected chi connectivity index (χ3v) is 5.09. The number of imidazole rings is 1. The van der Waals surface area contributed by atoms with Gasteiger partial charge in [0, 0.05) is 11.7 Å². The first-order valence-electron chi connectivity index (χ1n) is 10.3. The van der Waals surface area contributed by atoms with Crippen LogP contribution in [-0.4, -0.2) is 21.5 Å². The summed E-state index contributed by atoms with van der Waals surface area (Å²) in [6, 6.07) is 12.1. The molecule has 31 heavy (non-hydrogen) atoms. The number of rotatable bonds is 7. The van der Waals surface area contributed by atoms with E-state index in [1.54, 1.807) is 34.9 Å². The van der Waals surface area contributed by atoms with E-state index in [1.807, 2.05) is 6.92 Å². The maximum absolute atomic E-state index is 13.4. The number of nitrogens with zero attached hydrogens (tertiary/aromatic N) is 2. The molecule has 3 aromatic rings. The lowest BCUT2D eigenvalue weighted by molar-refractivity contribution is -0.137. The molecule has 7 heteroatoms. The molecule has 4 nitrogen and oxygen atoms in total. The van der Waals surface area contributed by atoms with Gasteiger partial charge in [-0.25, -0.2) is 4.98 Å². The summed E-state index contributed by atoms with van der Waals surface area (Å²) in [6.45, 7) is 6.22. The van der Waals surface area contributed by atoms with Crippen LogP contribution in [0.2, 0.25) is 0 Å². The van der Waals surface area contributed by atoms with Crippen molar-refractivity contribution in [2.75, 3.05) is 0 Å². The van der Waals surface area contributed by atoms with Gasteiger partial charge < -0.3 is 5.32 Å². The monoisotopic (exact) mass is 429 g/mol. The van der Waals surface area contributed by atoms with E-state index >= 15 is 0 Å². The molecule has 1 amide bonds. The van der Waals surface area contributed by atoms with Crippen molar-refractivity contribution in [3.05, 3.63) is 72.3 Å². The topological polar surface area (TPSA) is 46.9 Å². The van der Waals surface area contributed by atoms with Crippen molar-refractivity contribution in [2.24, 2.45) is 5.92 Å². The Morgan fingerprint density at radius 2 is 1.81 bits per heavy atom. The first-order valence-corrected chi connectivity index (χ1v) is 10.3. The summed E-state index contributed by atoms with van der Waals surface area (Å²) in [4.78, 5) is 16.9. The normalized spacial score (nSPS) is 12.7. The van der Waals surface area contributed by atoms with Gasteiger partial charge in [-0.3, -0.25) is 9.36 Å². The molecular weight excluding hydrogens is 403 g/mol. The van der Waals surface area contributed by atoms with Crippen molar-refractivity contribution < 1.29 is 18.0 Å². The van der Waals surface area contributed by atoms with Crippen molar-refractivity contribution in [1.29, 1.82) is 0 Å². The van der Waals surface area contributed by atoms with Crippen molar-refractivity contribution in [2.45, 2.75) is 45.8 Å². The average molecular weight is 429 g/mol. The number of amides is 1. The minimum atomic E-state index is -4.46. The lowest BCUT2D eigenvalue weighted by Crippen LogP contribution is -2.33. The van der Waals surface area contributed by atoms with Crippen LogP contribution in [0, 0.1) is 5.92 Å². The summed E-state index contributed by atoms with van der Waals surface area (Å²) < 4.78 is 41.9. The predicted molar refractivity (Wildman–Crippen MR) is 115 cm³/mol. The first kappa shape index (κ1) is 22.6. The Bertz CT molecular complexity index is 1040. The summed E-state index contributed by atoms with van der Waals surface area (Å²) >= 11 is 0. The molecule has 0 unspecified atom stereocenters. The van der Waals surface area contributed by atoms with E-state index in [-0.39, 0.29) is 17.5 Å². The molecule has 1 atom stereocenters. The molecule has 3 rings (SSSR count). The second-order valence-corrected chi connectivity index (χ2v) is 8.09. The quantitative estimate of drug-likeness (QED) is 0.492. The Morgan fingerprint density at radius 3 is 2.52 bits per heavy atom. The highest BCUT2D eigenvalue weighted by Gasteiger charge is 2.33. The highest BCUT2D eigenvalue weighted by atomic mass is 19.4. The molecule has 0 radical (unpaired) electrons. The number of carbonyl (C=O) groups excluding carboxylic acids is 1. The van der Waals surface area contributed by atoms with Crippen molar-refractivity contribution in [1.82, 2.24) is 14.9 Å². The van der Waals surface area contributed by atoms with E-state index in [0.29, 0.717) is 22.9 Å². The Hall–Kier alpha value is -3.09. The van der Waals surface area contributed by atoms with Gasteiger partial charge in [0.05, 0.1) is 18.1 Å². The lowest BCUT2D eigenvalue weighted by Gasteiger charge is -2.16. The highest BCUT2D eigenvalue weighted by Crippen LogP contribution is 2.37. The van der Waals surface area contributed by atoms with E-state index in [1.165, 1.54) is 24.7 Å². The van der Waals surface area contributed by atoms with Crippen LogP contribution in [0.3, 0.4) is 0 Å². The Kier molecular flexibility index (Phi) is 6.83. The minimum Gasteiger partial charge on any atom is -0.348 e. The van der Waals surface area contributed by atoms with Crippen LogP contribution in [0.25, 0.3) is 16.8 Å². The van der Waals surface area contributed by atoms with Gasteiger partial charge in [-0.05, 0) is 55.0 Å². The zero-order valence-corrected chi connectivity index (χ0v) is 17.8. The van der Waals surface area contributed by atoms with Crippen LogP contribution in [0.15, 0.2) is 61.1 Å². The fraction of sp³-hybridized carbons (Fsp3) is 0.333. The van der Waals surface area contributed by atoms with Gasteiger partial charge in [0.1, 0.15) is 5.69 Å². The zero-order chi connectivity index (χ0) is 22.6. The maximum atomic E-state index is 13.4. The van der Waals surface area contributed by atoms with Gasteiger partial charge >= 0.3 is 6.18 Å². The number of benzene rings is 2. The van der Waals surface area contributed by atoms with Crippen molar-refractivity contribution in [3.63, 3.8) is 0 Å². The van der Waals surface area contributed by atoms with E-state index in [9.17, 15) is 18.0 Å². The van der Waals surface area contributed by atoms with Crippen LogP contribution in [0.4, 0.5) is 13.2 Å². The third-order valence-electron chi connectivity index (χ3n) is 5.09. The first-order chi connectivity index (χ1) is 14.7. The SMILES string of the molecule is CC(C)CC[C@@H](C)NC(=O)c1cncn1-c1cccc(-c2ccccc2C(F)(F)F)c1. The minimum absolute atomic E-state index is 0.00301. The Morgan fingerprint density at radius 1 is 1.06 bits per heavy atom. The van der Waals surface area contributed by atoms with Gasteiger partial charge in [-0.1, -0.05) is 44.2 Å². The van der Waals surface area contributed by atoms with E-state index in [4.69, 9.17) is 0 Å². The molecule has 2 aromatic carbocycles. The van der Waals surface area contributed by atoms with Gasteiger partial charge in [0.15, 0.2) is 0 Å². The molecule has 0 aliphatic heterocycles. The number of nitrogens with one attached hydrogen (secondary N) is 1. The lowest BCUT2D eigenvalue weighted by atomic mass is 9.99. The fourth-order valence-corrected chi connectivity index (χ4v) is 3.43. The molecular formula is C24H26F3N3O. The smallest absolute Gasteiger partial charge is 0.348 e. The van der Waals surface area contributed by atoms with Crippen molar-refractivity contribution >= 4 is 5.91 Å². The number of aromatic nitrogens is 2. The van der Waals surface area contributed by atoms with E-state index in [0.717, 1.165) is 18.9 Å². The number of alkyl halides is 3. The van der Waals surface area contributed by atoms with E-state index in [2.05, 4.69) is 24.1 Å². The molecule has 1 aromatic heterocycles. The number of halogens is 3. The molecule has 1 heterocycles. The van der Waals surface area contributed by atoms with Gasteiger partial charge in [0.25, 0.3) is 5.91 Å². The molecule has 164 valence electrons. The summed E-state index contributed by atoms with van der Waals surface area (Å²) in [6.07, 6.45) is 0.352. The maximum Gasteiger partial charge on any atom is 0.417 e. The number of hydrogen-bond donors (Lipinski definition) is 1. The molecule has 0 aliphatic rings. The van der Waals surface area contributed by atoms with Gasteiger partial charge in [-0.15, -0.1) is 0 Å². The van der Waals surface area contributed by atoms with Crippen LogP contribution in [-0.2, 0) is 6.18 Å². The zero-order valence-electron chi connectivity index (χ0n) is 17.8. The molecule has 0 bridgehead atoms. The standard InChI is InChI=1S/C24H26F3N3O/c1-16(2)11-12-17(3)29-23(31)22-14-28-15-30(22)19-8-6-7-18(13-19)20-9-4-5-10-21(20)24(25,26)27/h4-10,13-17H,11-12H2,1-3H3,(H,29,31)/t17-/m1/s1. The summed E-state index contributed by atoms with van der Waals surface area (Å²) in [5.41, 5.74) is 0.695. The second kappa shape index (κ2) is 9.37. The van der Waals surface area contributed by atoms with E-state index < -0.39 is 11.7 Å². The van der Waals surface area contributed by atoms with Crippen LogP contribution in [0.5, 0.6) is 0 Å². The van der Waals surface area contributed by atoms with Gasteiger partial charge in [-0.2, -0.15) is 13.2 Å². The largest absolute Gasteiger partial charge is 0.417 e. The molecule has 0 fully saturated rings. The molecule has 0 aliphatic carbocycles. The summed E-state index contributed by atoms with van der Waals surface area (Å²) in [5.74, 6) is 0.280.